The van der Waals surface area contributed by atoms with E-state index in [0.29, 0.717) is 0 Å². The van der Waals surface area contributed by atoms with Crippen LogP contribution in [0.1, 0.15) is 49.7 Å². The predicted octanol–water partition coefficient (Wildman–Crippen LogP) is 9.32. The van der Waals surface area contributed by atoms with E-state index in [4.69, 9.17) is 31.4 Å². The maximum atomic E-state index is 6.56. The van der Waals surface area contributed by atoms with E-state index in [2.05, 4.69) is 153 Å². The Hall–Kier alpha value is -6.41. The zero-order valence-electron chi connectivity index (χ0n) is 39.6. The van der Waals surface area contributed by atoms with Gasteiger partial charge in [-0.05, 0) is 87.0 Å². The number of likely N-dealkylation sites (N-methyl/N-ethyl adjacent to an activating group) is 2. The molecule has 0 atom stereocenters. The third kappa shape index (κ3) is 9.52. The molecule has 69 heavy (non-hydrogen) atoms. The van der Waals surface area contributed by atoms with Crippen LogP contribution in [0.2, 0.25) is 0 Å². The summed E-state index contributed by atoms with van der Waals surface area (Å²) in [6.07, 6.45) is 10.5. The lowest BCUT2D eigenvalue weighted by atomic mass is 9.72. The van der Waals surface area contributed by atoms with E-state index in [1.54, 1.807) is 0 Å². The highest BCUT2D eigenvalue weighted by atomic mass is 35.5. The molecule has 4 aromatic heterocycles. The molecule has 4 fully saturated rings. The van der Waals surface area contributed by atoms with Crippen LogP contribution in [0.3, 0.4) is 0 Å². The summed E-state index contributed by atoms with van der Waals surface area (Å²) in [5.41, 5.74) is 25.2. The summed E-state index contributed by atoms with van der Waals surface area (Å²) in [6, 6.07) is 42.5. The number of hydrogen-bond donors (Lipinski definition) is 2. The summed E-state index contributed by atoms with van der Waals surface area (Å²) in [4.78, 5) is 38.5. The molecule has 12 nitrogen and oxygen atoms in total. The number of pyridine rings is 2. The van der Waals surface area contributed by atoms with Gasteiger partial charge in [0, 0.05) is 109 Å². The minimum absolute atomic E-state index is 0. The molecule has 13 heteroatoms. The first-order valence-electron chi connectivity index (χ1n) is 24.3. The van der Waals surface area contributed by atoms with Gasteiger partial charge >= 0.3 is 0 Å². The predicted molar refractivity (Wildman–Crippen MR) is 283 cm³/mol. The third-order valence-electron chi connectivity index (χ3n) is 14.8. The smallest absolute Gasteiger partial charge is 0.227 e. The molecular weight excluding hydrogens is 876 g/mol. The van der Waals surface area contributed by atoms with Crippen molar-refractivity contribution in [1.82, 2.24) is 39.7 Å². The van der Waals surface area contributed by atoms with Gasteiger partial charge in [0.2, 0.25) is 11.9 Å². The molecule has 4 N–H and O–H groups in total. The fraction of sp³-hybridized carbons (Fsp3) is 0.321. The Kier molecular flexibility index (Phi) is 13.1. The van der Waals surface area contributed by atoms with Crippen LogP contribution in [-0.4, -0.2) is 106 Å². The molecule has 0 bridgehead atoms. The average Bonchev–Trinajstić information content (AvgIpc) is 3.37. The van der Waals surface area contributed by atoms with Crippen LogP contribution in [-0.2, 0) is 11.1 Å². The summed E-state index contributed by atoms with van der Waals surface area (Å²) >= 11 is 0. The molecule has 0 unspecified atom stereocenters. The Balaban J connectivity index is 0.000000158. The molecule has 4 aromatic carbocycles. The second-order valence-corrected chi connectivity index (χ2v) is 19.4. The number of fused-ring (bicyclic) bond motifs is 2. The zero-order valence-corrected chi connectivity index (χ0v) is 40.5. The standard InChI is InChI=1S/2C28H30N6.ClH/c2*1-33-14-16-34(17-15-33)27-30-19-22-18-24(20-6-3-2-4-7-20)25(31-26(22)32-27)21-8-10-23(11-9-21)28(29)12-5-13-28;/h2*2-4,6-11,18-19H,5,12-17,29H2,1H3;1H. The van der Waals surface area contributed by atoms with Crippen molar-refractivity contribution in [2.75, 3.05) is 76.3 Å². The first kappa shape index (κ1) is 46.3. The molecule has 8 aromatic rings. The quantitative estimate of drug-likeness (QED) is 0.150. The van der Waals surface area contributed by atoms with E-state index < -0.39 is 0 Å². The van der Waals surface area contributed by atoms with Crippen LogP contribution in [0.4, 0.5) is 11.9 Å². The molecule has 0 radical (unpaired) electrons. The van der Waals surface area contributed by atoms with Gasteiger partial charge in [0.05, 0.1) is 11.4 Å². The van der Waals surface area contributed by atoms with Crippen molar-refractivity contribution >= 4 is 46.4 Å². The Morgan fingerprint density at radius 1 is 0.435 bits per heavy atom. The minimum Gasteiger partial charge on any atom is -0.338 e. The first-order chi connectivity index (χ1) is 33.2. The molecule has 0 spiro atoms. The topological polar surface area (TPSA) is 142 Å². The number of benzene rings is 4. The number of halogens is 1. The Morgan fingerprint density at radius 2 is 0.797 bits per heavy atom. The fourth-order valence-corrected chi connectivity index (χ4v) is 9.96. The molecule has 12 rings (SSSR count). The van der Waals surface area contributed by atoms with Crippen LogP contribution < -0.4 is 21.3 Å². The van der Waals surface area contributed by atoms with Gasteiger partial charge in [0.15, 0.2) is 11.3 Å². The van der Waals surface area contributed by atoms with Crippen molar-refractivity contribution in [3.63, 3.8) is 0 Å². The Labute approximate surface area is 411 Å². The highest BCUT2D eigenvalue weighted by molar-refractivity contribution is 5.91. The fourth-order valence-electron chi connectivity index (χ4n) is 9.96. The maximum Gasteiger partial charge on any atom is 0.227 e. The number of aromatic nitrogens is 6. The number of rotatable bonds is 8. The van der Waals surface area contributed by atoms with Crippen LogP contribution in [0.25, 0.3) is 66.8 Å². The third-order valence-corrected chi connectivity index (χ3v) is 14.8. The average molecular weight is 938 g/mol. The van der Waals surface area contributed by atoms with Gasteiger partial charge < -0.3 is 31.1 Å². The van der Waals surface area contributed by atoms with Crippen LogP contribution in [0, 0.1) is 0 Å². The van der Waals surface area contributed by atoms with Crippen molar-refractivity contribution in [2.24, 2.45) is 11.5 Å². The number of hydrogen-bond acceptors (Lipinski definition) is 12. The lowest BCUT2D eigenvalue weighted by Gasteiger charge is -2.38. The maximum absolute atomic E-state index is 6.56. The van der Waals surface area contributed by atoms with Crippen molar-refractivity contribution < 1.29 is 0 Å². The molecule has 352 valence electrons. The molecule has 0 amide bonds. The van der Waals surface area contributed by atoms with Gasteiger partial charge in [0.25, 0.3) is 0 Å². The second kappa shape index (κ2) is 19.5. The lowest BCUT2D eigenvalue weighted by molar-refractivity contribution is 0.253. The SMILES string of the molecule is CN1CCN(c2ncc3cc(-c4ccccc4)c(-c4ccc(C5(N)CCC5)cc4)nc3n2)CC1.CN1CCN(c2ncc3cc(-c4ccccc4)c(-c4ccc(C5(N)CCC5)cc4)nc3n2)CC1.Cl. The monoisotopic (exact) mass is 936 g/mol. The zero-order chi connectivity index (χ0) is 46.2. The van der Waals surface area contributed by atoms with E-state index in [9.17, 15) is 0 Å². The molecule has 2 saturated carbocycles. The normalized spacial score (nSPS) is 17.9. The highest BCUT2D eigenvalue weighted by Gasteiger charge is 2.35. The van der Waals surface area contributed by atoms with E-state index >= 15 is 0 Å². The van der Waals surface area contributed by atoms with Crippen molar-refractivity contribution in [2.45, 2.75) is 49.6 Å². The van der Waals surface area contributed by atoms with E-state index in [1.807, 2.05) is 24.5 Å². The van der Waals surface area contributed by atoms with Gasteiger partial charge in [-0.25, -0.2) is 19.9 Å². The summed E-state index contributed by atoms with van der Waals surface area (Å²) in [5.74, 6) is 1.52. The number of nitrogens with zero attached hydrogens (tertiary/aromatic N) is 10. The minimum atomic E-state index is -0.164. The number of piperazine rings is 2. The largest absolute Gasteiger partial charge is 0.338 e. The summed E-state index contributed by atoms with van der Waals surface area (Å²) in [7, 11) is 4.31. The molecular formula is C56H61ClN12. The van der Waals surface area contributed by atoms with Gasteiger partial charge in [-0.15, -0.1) is 12.4 Å². The summed E-state index contributed by atoms with van der Waals surface area (Å²) in [5, 5.41) is 1.90. The molecule has 4 aliphatic rings. The van der Waals surface area contributed by atoms with Crippen LogP contribution in [0.5, 0.6) is 0 Å². The van der Waals surface area contributed by atoms with E-state index in [0.717, 1.165) is 157 Å². The highest BCUT2D eigenvalue weighted by Crippen LogP contribution is 2.42. The summed E-state index contributed by atoms with van der Waals surface area (Å²) < 4.78 is 0. The van der Waals surface area contributed by atoms with Gasteiger partial charge in [0.1, 0.15) is 0 Å². The molecule has 2 saturated heterocycles. The Bertz CT molecular complexity index is 2830. The van der Waals surface area contributed by atoms with Crippen LogP contribution in [0.15, 0.2) is 134 Å². The van der Waals surface area contributed by atoms with Crippen molar-refractivity contribution in [3.05, 3.63) is 145 Å². The van der Waals surface area contributed by atoms with Gasteiger partial charge in [-0.2, -0.15) is 9.97 Å². The van der Waals surface area contributed by atoms with Crippen molar-refractivity contribution in [1.29, 1.82) is 0 Å². The van der Waals surface area contributed by atoms with Gasteiger partial charge in [-0.1, -0.05) is 109 Å². The van der Waals surface area contributed by atoms with E-state index in [-0.39, 0.29) is 23.5 Å². The number of nitrogens with two attached hydrogens (primary N) is 2. The molecule has 2 aliphatic carbocycles. The lowest BCUT2D eigenvalue weighted by Crippen LogP contribution is -2.45. The second-order valence-electron chi connectivity index (χ2n) is 19.4. The van der Waals surface area contributed by atoms with Gasteiger partial charge in [-0.3, -0.25) is 0 Å². The first-order valence-corrected chi connectivity index (χ1v) is 24.3. The molecule has 2 aliphatic heterocycles. The number of anilines is 2. The van der Waals surface area contributed by atoms with E-state index in [1.165, 1.54) is 24.0 Å². The Morgan fingerprint density at radius 3 is 1.13 bits per heavy atom. The summed E-state index contributed by atoms with van der Waals surface area (Å²) in [6.45, 7) is 7.78. The van der Waals surface area contributed by atoms with Crippen molar-refractivity contribution in [3.8, 4) is 44.8 Å². The molecule has 6 heterocycles. The van der Waals surface area contributed by atoms with Crippen LogP contribution >= 0.6 is 12.4 Å².